The van der Waals surface area contributed by atoms with Crippen molar-refractivity contribution in [1.29, 1.82) is 0 Å². The first kappa shape index (κ1) is 16.6. The first-order valence-electron chi connectivity index (χ1n) is 6.28. The van der Waals surface area contributed by atoms with E-state index in [1.807, 2.05) is 0 Å². The van der Waals surface area contributed by atoms with Crippen LogP contribution >= 0.6 is 15.9 Å². The van der Waals surface area contributed by atoms with Crippen LogP contribution < -0.4 is 0 Å². The predicted molar refractivity (Wildman–Crippen MR) is 78.7 cm³/mol. The molecule has 0 radical (unpaired) electrons. The van der Waals surface area contributed by atoms with E-state index in [4.69, 9.17) is 5.11 Å². The van der Waals surface area contributed by atoms with Gasteiger partial charge in [-0.15, -0.1) is 0 Å². The highest BCUT2D eigenvalue weighted by molar-refractivity contribution is 9.10. The Balaban J connectivity index is 2.76. The highest BCUT2D eigenvalue weighted by Gasteiger charge is 2.21. The number of amides is 1. The standard InChI is InChI=1S/C13H17BrN2O4/c1-15(8-3-2-4-9-17)13(18)10-6-5-7-11(12(10)14)16(19)20/h5-7,17H,2-4,8-9H2,1H3. The van der Waals surface area contributed by atoms with E-state index in [0.717, 1.165) is 12.8 Å². The van der Waals surface area contributed by atoms with Crippen LogP contribution in [0.5, 0.6) is 0 Å². The molecule has 0 unspecified atom stereocenters. The fourth-order valence-electron chi connectivity index (χ4n) is 1.77. The average Bonchev–Trinajstić information content (AvgIpc) is 2.42. The summed E-state index contributed by atoms with van der Waals surface area (Å²) in [5.41, 5.74) is 0.161. The molecule has 0 aromatic heterocycles. The van der Waals surface area contributed by atoms with Crippen molar-refractivity contribution >= 4 is 27.5 Å². The molecule has 1 aromatic carbocycles. The summed E-state index contributed by atoms with van der Waals surface area (Å²) in [5, 5.41) is 19.5. The summed E-state index contributed by atoms with van der Waals surface area (Å²) in [7, 11) is 1.66. The lowest BCUT2D eigenvalue weighted by atomic mass is 10.1. The number of nitrogens with zero attached hydrogens (tertiary/aromatic N) is 2. The summed E-state index contributed by atoms with van der Waals surface area (Å²) in [6.45, 7) is 0.696. The fraction of sp³-hybridized carbons (Fsp3) is 0.462. The van der Waals surface area contributed by atoms with Gasteiger partial charge in [-0.05, 0) is 41.3 Å². The summed E-state index contributed by atoms with van der Waals surface area (Å²) in [6.07, 6.45) is 2.34. The number of nitro benzene ring substituents is 1. The van der Waals surface area contributed by atoms with E-state index in [1.165, 1.54) is 17.0 Å². The van der Waals surface area contributed by atoms with Crippen molar-refractivity contribution in [3.05, 3.63) is 38.3 Å². The van der Waals surface area contributed by atoms with E-state index in [-0.39, 0.29) is 28.2 Å². The monoisotopic (exact) mass is 344 g/mol. The molecule has 20 heavy (non-hydrogen) atoms. The minimum absolute atomic E-state index is 0.121. The SMILES string of the molecule is CN(CCCCCO)C(=O)c1cccc([N+](=O)[O-])c1Br. The minimum atomic E-state index is -0.526. The molecule has 110 valence electrons. The molecule has 0 saturated heterocycles. The largest absolute Gasteiger partial charge is 0.396 e. The van der Waals surface area contributed by atoms with Crippen LogP contribution in [0.2, 0.25) is 0 Å². The Morgan fingerprint density at radius 1 is 1.40 bits per heavy atom. The molecule has 0 aliphatic heterocycles. The molecular weight excluding hydrogens is 328 g/mol. The van der Waals surface area contributed by atoms with Crippen LogP contribution in [0.4, 0.5) is 5.69 Å². The van der Waals surface area contributed by atoms with Crippen LogP contribution in [-0.4, -0.2) is 41.0 Å². The normalized spacial score (nSPS) is 10.3. The quantitative estimate of drug-likeness (QED) is 0.468. The Bertz CT molecular complexity index is 493. The van der Waals surface area contributed by atoms with Crippen LogP contribution in [-0.2, 0) is 0 Å². The summed E-state index contributed by atoms with van der Waals surface area (Å²) in [4.78, 5) is 24.1. The molecule has 0 atom stereocenters. The zero-order valence-corrected chi connectivity index (χ0v) is 12.8. The molecule has 0 saturated carbocycles. The third kappa shape index (κ3) is 4.28. The first-order valence-corrected chi connectivity index (χ1v) is 7.07. The molecule has 0 aliphatic carbocycles. The van der Waals surface area contributed by atoms with Gasteiger partial charge in [0.05, 0.1) is 10.5 Å². The summed E-state index contributed by atoms with van der Waals surface area (Å²) >= 11 is 3.12. The molecule has 1 N–H and O–H groups in total. The number of hydrogen-bond donors (Lipinski definition) is 1. The van der Waals surface area contributed by atoms with Crippen molar-refractivity contribution in [3.8, 4) is 0 Å². The Kier molecular flexibility index (Phi) is 6.60. The number of benzene rings is 1. The number of unbranched alkanes of at least 4 members (excludes halogenated alkanes) is 2. The van der Waals surface area contributed by atoms with Crippen LogP contribution in [0.25, 0.3) is 0 Å². The summed E-state index contributed by atoms with van der Waals surface area (Å²) in [5.74, 6) is -0.260. The van der Waals surface area contributed by atoms with Crippen molar-refractivity contribution in [2.45, 2.75) is 19.3 Å². The summed E-state index contributed by atoms with van der Waals surface area (Å²) < 4.78 is 0.206. The minimum Gasteiger partial charge on any atom is -0.396 e. The van der Waals surface area contributed by atoms with E-state index in [1.54, 1.807) is 13.1 Å². The van der Waals surface area contributed by atoms with Crippen LogP contribution in [0, 0.1) is 10.1 Å². The molecule has 1 amide bonds. The van der Waals surface area contributed by atoms with Gasteiger partial charge < -0.3 is 10.0 Å². The van der Waals surface area contributed by atoms with Crippen LogP contribution in [0.15, 0.2) is 22.7 Å². The maximum absolute atomic E-state index is 12.2. The van der Waals surface area contributed by atoms with Crippen molar-refractivity contribution in [2.24, 2.45) is 0 Å². The second-order valence-corrected chi connectivity index (χ2v) is 5.20. The van der Waals surface area contributed by atoms with Gasteiger partial charge in [0.2, 0.25) is 0 Å². The second kappa shape index (κ2) is 7.96. The molecule has 0 fully saturated rings. The van der Waals surface area contributed by atoms with Gasteiger partial charge in [-0.3, -0.25) is 14.9 Å². The number of nitro groups is 1. The van der Waals surface area contributed by atoms with Gasteiger partial charge in [0.25, 0.3) is 11.6 Å². The molecule has 1 rings (SSSR count). The van der Waals surface area contributed by atoms with Gasteiger partial charge in [-0.1, -0.05) is 6.07 Å². The van der Waals surface area contributed by atoms with E-state index in [2.05, 4.69) is 15.9 Å². The Labute approximate surface area is 125 Å². The van der Waals surface area contributed by atoms with Crippen molar-refractivity contribution < 1.29 is 14.8 Å². The van der Waals surface area contributed by atoms with Gasteiger partial charge in [-0.2, -0.15) is 0 Å². The smallest absolute Gasteiger partial charge is 0.284 e. The van der Waals surface area contributed by atoms with Gasteiger partial charge in [-0.25, -0.2) is 0 Å². The molecule has 0 heterocycles. The second-order valence-electron chi connectivity index (χ2n) is 4.41. The Morgan fingerprint density at radius 3 is 2.70 bits per heavy atom. The van der Waals surface area contributed by atoms with Crippen molar-refractivity contribution in [1.82, 2.24) is 4.90 Å². The topological polar surface area (TPSA) is 83.7 Å². The Morgan fingerprint density at radius 2 is 2.10 bits per heavy atom. The van der Waals surface area contributed by atoms with Crippen LogP contribution in [0.1, 0.15) is 29.6 Å². The molecular formula is C13H17BrN2O4. The molecule has 0 bridgehead atoms. The average molecular weight is 345 g/mol. The maximum Gasteiger partial charge on any atom is 0.284 e. The number of aliphatic hydroxyl groups is 1. The molecule has 6 nitrogen and oxygen atoms in total. The third-order valence-corrected chi connectivity index (χ3v) is 3.74. The van der Waals surface area contributed by atoms with E-state index < -0.39 is 4.92 Å². The maximum atomic E-state index is 12.2. The number of hydrogen-bond acceptors (Lipinski definition) is 4. The van der Waals surface area contributed by atoms with Gasteiger partial charge in [0.1, 0.15) is 4.47 Å². The number of rotatable bonds is 7. The lowest BCUT2D eigenvalue weighted by molar-refractivity contribution is -0.385. The van der Waals surface area contributed by atoms with Crippen LogP contribution in [0.3, 0.4) is 0 Å². The number of carbonyl (C=O) groups is 1. The summed E-state index contributed by atoms with van der Waals surface area (Å²) in [6, 6.07) is 4.40. The van der Waals surface area contributed by atoms with Crippen molar-refractivity contribution in [2.75, 3.05) is 20.2 Å². The van der Waals surface area contributed by atoms with E-state index >= 15 is 0 Å². The first-order chi connectivity index (χ1) is 9.49. The predicted octanol–water partition coefficient (Wildman–Crippen LogP) is 2.59. The Hall–Kier alpha value is -1.47. The van der Waals surface area contributed by atoms with Gasteiger partial charge in [0, 0.05) is 26.3 Å². The van der Waals surface area contributed by atoms with E-state index in [0.29, 0.717) is 13.0 Å². The van der Waals surface area contributed by atoms with Crippen molar-refractivity contribution in [3.63, 3.8) is 0 Å². The van der Waals surface area contributed by atoms with E-state index in [9.17, 15) is 14.9 Å². The number of aliphatic hydroxyl groups excluding tert-OH is 1. The number of carbonyl (C=O) groups excluding carboxylic acids is 1. The zero-order chi connectivity index (χ0) is 15.1. The lowest BCUT2D eigenvalue weighted by Crippen LogP contribution is -2.28. The highest BCUT2D eigenvalue weighted by atomic mass is 79.9. The number of halogens is 1. The van der Waals surface area contributed by atoms with Gasteiger partial charge >= 0.3 is 0 Å². The molecule has 0 aliphatic rings. The lowest BCUT2D eigenvalue weighted by Gasteiger charge is -2.17. The van der Waals surface area contributed by atoms with Gasteiger partial charge in [0.15, 0.2) is 0 Å². The molecule has 0 spiro atoms. The zero-order valence-electron chi connectivity index (χ0n) is 11.2. The highest BCUT2D eigenvalue weighted by Crippen LogP contribution is 2.28. The molecule has 7 heteroatoms. The molecule has 1 aromatic rings. The fourth-order valence-corrected chi connectivity index (χ4v) is 2.35. The third-order valence-electron chi connectivity index (χ3n) is 2.90.